The maximum Gasteiger partial charge on any atom is 0.262 e. The number of halogens is 1. The Morgan fingerprint density at radius 3 is 2.51 bits per heavy atom. The summed E-state index contributed by atoms with van der Waals surface area (Å²) < 4.78 is 13.1. The third kappa shape index (κ3) is 7.41. The van der Waals surface area contributed by atoms with Gasteiger partial charge >= 0.3 is 0 Å². The van der Waals surface area contributed by atoms with Crippen molar-refractivity contribution in [3.05, 3.63) is 107 Å². The first-order chi connectivity index (χ1) is 20.1. The van der Waals surface area contributed by atoms with Crippen molar-refractivity contribution < 1.29 is 14.3 Å². The van der Waals surface area contributed by atoms with Gasteiger partial charge in [0.1, 0.15) is 24.0 Å². The highest BCUT2D eigenvalue weighted by Gasteiger charge is 2.16. The molecule has 1 N–H and O–H groups in total. The lowest BCUT2D eigenvalue weighted by atomic mass is 10.1. The molecule has 0 saturated carbocycles. The third-order valence-electron chi connectivity index (χ3n) is 6.73. The summed E-state index contributed by atoms with van der Waals surface area (Å²) in [5, 5.41) is 18.2. The van der Waals surface area contributed by atoms with Gasteiger partial charge in [-0.2, -0.15) is 10.4 Å². The van der Waals surface area contributed by atoms with E-state index in [1.54, 1.807) is 10.8 Å². The fourth-order valence-corrected chi connectivity index (χ4v) is 4.66. The molecule has 208 valence electrons. The molecule has 8 nitrogen and oxygen atoms in total. The number of nitriles is 1. The molecule has 1 fully saturated rings. The van der Waals surface area contributed by atoms with E-state index in [4.69, 9.17) is 26.2 Å². The molecule has 5 rings (SSSR count). The number of nitrogens with zero attached hydrogens (tertiary/aromatic N) is 4. The van der Waals surface area contributed by atoms with Crippen molar-refractivity contribution in [3.63, 3.8) is 0 Å². The van der Waals surface area contributed by atoms with Gasteiger partial charge in [0.05, 0.1) is 24.6 Å². The van der Waals surface area contributed by atoms with E-state index in [1.807, 2.05) is 85.1 Å². The predicted molar refractivity (Wildman–Crippen MR) is 159 cm³/mol. The van der Waals surface area contributed by atoms with Crippen LogP contribution in [0, 0.1) is 11.3 Å². The molecule has 1 saturated heterocycles. The highest BCUT2D eigenvalue weighted by atomic mass is 35.5. The Balaban J connectivity index is 1.36. The van der Waals surface area contributed by atoms with E-state index < -0.39 is 5.91 Å². The molecular weight excluding hydrogens is 538 g/mol. The fraction of sp³-hybridized carbons (Fsp3) is 0.219. The number of hydrogen-bond donors (Lipinski definition) is 1. The third-order valence-corrected chi connectivity index (χ3v) is 7.09. The van der Waals surface area contributed by atoms with Gasteiger partial charge in [0.25, 0.3) is 5.91 Å². The average molecular weight is 568 g/mol. The van der Waals surface area contributed by atoms with Gasteiger partial charge in [-0.25, -0.2) is 4.68 Å². The van der Waals surface area contributed by atoms with Crippen LogP contribution >= 0.6 is 11.6 Å². The SMILES string of the molecule is N#C/C(=C\c1cn(-c2ccccc2)nc1-c1ccc(OCc2ccccc2Cl)cc1)C(=O)NCCN1CCOCC1. The standard InChI is InChI=1S/C32H30ClN5O3/c33-30-9-5-4-6-25(30)23-41-29-12-10-24(11-13-29)31-27(22-38(36-31)28-7-2-1-3-8-28)20-26(21-34)32(39)35-14-15-37-16-18-40-19-17-37/h1-13,20,22H,14-19,23H2,(H,35,39)/b26-20+. The summed E-state index contributed by atoms with van der Waals surface area (Å²) in [6.07, 6.45) is 3.42. The number of nitrogens with one attached hydrogen (secondary N) is 1. The number of carbonyl (C=O) groups excluding carboxylic acids is 1. The highest BCUT2D eigenvalue weighted by Crippen LogP contribution is 2.28. The Morgan fingerprint density at radius 1 is 1.05 bits per heavy atom. The second kappa shape index (κ2) is 13.8. The smallest absolute Gasteiger partial charge is 0.262 e. The van der Waals surface area contributed by atoms with E-state index in [9.17, 15) is 10.1 Å². The number of morpholine rings is 1. The van der Waals surface area contributed by atoms with Crippen LogP contribution in [-0.4, -0.2) is 60.0 Å². The topological polar surface area (TPSA) is 92.4 Å². The number of para-hydroxylation sites is 1. The van der Waals surface area contributed by atoms with Crippen molar-refractivity contribution >= 4 is 23.6 Å². The number of hydrogen-bond acceptors (Lipinski definition) is 6. The van der Waals surface area contributed by atoms with Crippen LogP contribution in [0.1, 0.15) is 11.1 Å². The minimum Gasteiger partial charge on any atom is -0.489 e. The van der Waals surface area contributed by atoms with E-state index in [2.05, 4.69) is 16.3 Å². The molecule has 1 aliphatic heterocycles. The van der Waals surface area contributed by atoms with Gasteiger partial charge in [-0.3, -0.25) is 9.69 Å². The molecule has 1 aromatic heterocycles. The normalized spacial score (nSPS) is 13.9. The molecule has 4 aromatic rings. The predicted octanol–water partition coefficient (Wildman–Crippen LogP) is 5.13. The Hall–Kier alpha value is -4.42. The van der Waals surface area contributed by atoms with Crippen molar-refractivity contribution in [2.24, 2.45) is 0 Å². The highest BCUT2D eigenvalue weighted by molar-refractivity contribution is 6.31. The van der Waals surface area contributed by atoms with Crippen LogP contribution in [0.25, 0.3) is 23.0 Å². The zero-order valence-electron chi connectivity index (χ0n) is 22.5. The van der Waals surface area contributed by atoms with Crippen LogP contribution in [-0.2, 0) is 16.1 Å². The molecular formula is C32H30ClN5O3. The maximum atomic E-state index is 12.9. The lowest BCUT2D eigenvalue weighted by molar-refractivity contribution is -0.117. The van der Waals surface area contributed by atoms with Crippen molar-refractivity contribution in [2.45, 2.75) is 6.61 Å². The molecule has 3 aromatic carbocycles. The first-order valence-corrected chi connectivity index (χ1v) is 13.8. The van der Waals surface area contributed by atoms with Crippen LogP contribution in [0.2, 0.25) is 5.02 Å². The molecule has 0 unspecified atom stereocenters. The Labute approximate surface area is 244 Å². The lowest BCUT2D eigenvalue weighted by Crippen LogP contribution is -2.41. The van der Waals surface area contributed by atoms with Crippen molar-refractivity contribution in [2.75, 3.05) is 39.4 Å². The summed E-state index contributed by atoms with van der Waals surface area (Å²) >= 11 is 6.25. The largest absolute Gasteiger partial charge is 0.489 e. The zero-order chi connectivity index (χ0) is 28.4. The van der Waals surface area contributed by atoms with Gasteiger partial charge < -0.3 is 14.8 Å². The monoisotopic (exact) mass is 567 g/mol. The summed E-state index contributed by atoms with van der Waals surface area (Å²) in [5.41, 5.74) is 3.89. The summed E-state index contributed by atoms with van der Waals surface area (Å²) in [5.74, 6) is 0.271. The molecule has 9 heteroatoms. The number of amides is 1. The van der Waals surface area contributed by atoms with Gasteiger partial charge in [0.2, 0.25) is 0 Å². The lowest BCUT2D eigenvalue weighted by Gasteiger charge is -2.26. The van der Waals surface area contributed by atoms with Gasteiger partial charge in [0, 0.05) is 54.1 Å². The van der Waals surface area contributed by atoms with E-state index >= 15 is 0 Å². The van der Waals surface area contributed by atoms with E-state index in [0.717, 1.165) is 29.9 Å². The second-order valence-corrected chi connectivity index (χ2v) is 9.90. The Bertz CT molecular complexity index is 1540. The van der Waals surface area contributed by atoms with Crippen LogP contribution in [0.4, 0.5) is 0 Å². The molecule has 0 radical (unpaired) electrons. The van der Waals surface area contributed by atoms with Gasteiger partial charge in [-0.15, -0.1) is 0 Å². The zero-order valence-corrected chi connectivity index (χ0v) is 23.3. The minimum absolute atomic E-state index is 0.0144. The number of carbonyl (C=O) groups is 1. The number of benzene rings is 3. The van der Waals surface area contributed by atoms with Crippen LogP contribution in [0.5, 0.6) is 5.75 Å². The number of ether oxygens (including phenoxy) is 2. The Morgan fingerprint density at radius 2 is 1.78 bits per heavy atom. The molecule has 1 aliphatic rings. The van der Waals surface area contributed by atoms with Crippen LogP contribution in [0.15, 0.2) is 90.6 Å². The van der Waals surface area contributed by atoms with Gasteiger partial charge in [-0.1, -0.05) is 48.0 Å². The second-order valence-electron chi connectivity index (χ2n) is 9.50. The summed E-state index contributed by atoms with van der Waals surface area (Å²) in [7, 11) is 0. The minimum atomic E-state index is -0.414. The van der Waals surface area contributed by atoms with E-state index in [1.165, 1.54) is 0 Å². The summed E-state index contributed by atoms with van der Waals surface area (Å²) in [6.45, 7) is 4.56. The average Bonchev–Trinajstić information content (AvgIpc) is 3.44. The van der Waals surface area contributed by atoms with E-state index in [0.29, 0.717) is 54.9 Å². The summed E-state index contributed by atoms with van der Waals surface area (Å²) in [6, 6.07) is 26.9. The molecule has 0 atom stereocenters. The van der Waals surface area contributed by atoms with Crippen molar-refractivity contribution in [3.8, 4) is 28.8 Å². The first kappa shape index (κ1) is 28.1. The molecule has 0 bridgehead atoms. The molecule has 0 aliphatic carbocycles. The molecule has 2 heterocycles. The van der Waals surface area contributed by atoms with Crippen molar-refractivity contribution in [1.29, 1.82) is 5.26 Å². The number of rotatable bonds is 10. The first-order valence-electron chi connectivity index (χ1n) is 13.4. The van der Waals surface area contributed by atoms with Crippen LogP contribution in [0.3, 0.4) is 0 Å². The summed E-state index contributed by atoms with van der Waals surface area (Å²) in [4.78, 5) is 15.1. The molecule has 1 amide bonds. The quantitative estimate of drug-likeness (QED) is 0.211. The molecule has 41 heavy (non-hydrogen) atoms. The maximum absolute atomic E-state index is 12.9. The van der Waals surface area contributed by atoms with Crippen LogP contribution < -0.4 is 10.1 Å². The fourth-order valence-electron chi connectivity index (χ4n) is 4.47. The number of aromatic nitrogens is 2. The molecule has 0 spiro atoms. The van der Waals surface area contributed by atoms with Gasteiger partial charge in [0.15, 0.2) is 0 Å². The van der Waals surface area contributed by atoms with E-state index in [-0.39, 0.29) is 5.57 Å². The van der Waals surface area contributed by atoms with Crippen molar-refractivity contribution in [1.82, 2.24) is 20.0 Å². The Kier molecular flexibility index (Phi) is 9.45. The van der Waals surface area contributed by atoms with Gasteiger partial charge in [-0.05, 0) is 48.5 Å².